The standard InChI is InChI=1S/C7H10N2O2/c1-2-3-4-11-9-7(5-8)6-10/h6H,2-4H2,1H3/b9-7-. The van der Waals surface area contributed by atoms with Crippen LogP contribution in [0.4, 0.5) is 0 Å². The Hall–Kier alpha value is -1.37. The van der Waals surface area contributed by atoms with E-state index in [0.717, 1.165) is 12.8 Å². The highest BCUT2D eigenvalue weighted by atomic mass is 16.6. The zero-order valence-electron chi connectivity index (χ0n) is 6.41. The van der Waals surface area contributed by atoms with Gasteiger partial charge in [0.2, 0.25) is 5.71 Å². The molecule has 0 atom stereocenters. The third-order valence-corrected chi connectivity index (χ3v) is 0.978. The van der Waals surface area contributed by atoms with E-state index in [1.807, 2.05) is 6.92 Å². The summed E-state index contributed by atoms with van der Waals surface area (Å²) < 4.78 is 0. The van der Waals surface area contributed by atoms with E-state index in [-0.39, 0.29) is 5.71 Å². The fourth-order valence-electron chi connectivity index (χ4n) is 0.392. The van der Waals surface area contributed by atoms with Gasteiger partial charge in [-0.15, -0.1) is 0 Å². The molecule has 0 radical (unpaired) electrons. The Balaban J connectivity index is 3.55. The Morgan fingerprint density at radius 3 is 3.00 bits per heavy atom. The van der Waals surface area contributed by atoms with Crippen molar-refractivity contribution in [3.05, 3.63) is 0 Å². The number of nitrogens with zero attached hydrogens (tertiary/aromatic N) is 2. The van der Waals surface area contributed by atoms with Gasteiger partial charge in [0.1, 0.15) is 12.7 Å². The number of oxime groups is 1. The van der Waals surface area contributed by atoms with Crippen LogP contribution in [-0.4, -0.2) is 18.6 Å². The van der Waals surface area contributed by atoms with Gasteiger partial charge in [0.05, 0.1) is 0 Å². The van der Waals surface area contributed by atoms with Crippen LogP contribution in [0.25, 0.3) is 0 Å². The zero-order chi connectivity index (χ0) is 8.53. The van der Waals surface area contributed by atoms with Crippen molar-refractivity contribution < 1.29 is 9.63 Å². The van der Waals surface area contributed by atoms with Crippen molar-refractivity contribution in [2.75, 3.05) is 6.61 Å². The first-order chi connectivity index (χ1) is 5.35. The van der Waals surface area contributed by atoms with Crippen LogP contribution in [0.1, 0.15) is 19.8 Å². The number of nitriles is 1. The van der Waals surface area contributed by atoms with Crippen LogP contribution in [0.15, 0.2) is 5.16 Å². The van der Waals surface area contributed by atoms with E-state index in [9.17, 15) is 4.79 Å². The van der Waals surface area contributed by atoms with E-state index in [1.54, 1.807) is 6.07 Å². The minimum absolute atomic E-state index is 0.221. The van der Waals surface area contributed by atoms with Crippen molar-refractivity contribution in [1.82, 2.24) is 0 Å². The Morgan fingerprint density at radius 2 is 2.55 bits per heavy atom. The fourth-order valence-corrected chi connectivity index (χ4v) is 0.392. The van der Waals surface area contributed by atoms with Gasteiger partial charge in [-0.2, -0.15) is 5.26 Å². The lowest BCUT2D eigenvalue weighted by atomic mass is 10.4. The summed E-state index contributed by atoms with van der Waals surface area (Å²) >= 11 is 0. The van der Waals surface area contributed by atoms with E-state index in [2.05, 4.69) is 9.99 Å². The molecule has 0 saturated heterocycles. The predicted octanol–water partition coefficient (Wildman–Crippen LogP) is 0.882. The van der Waals surface area contributed by atoms with E-state index in [4.69, 9.17) is 5.26 Å². The molecule has 4 heteroatoms. The molecule has 0 aromatic heterocycles. The Bertz CT molecular complexity index is 181. The van der Waals surface area contributed by atoms with Crippen molar-refractivity contribution in [3.8, 4) is 6.07 Å². The first-order valence-corrected chi connectivity index (χ1v) is 3.40. The number of rotatable bonds is 5. The predicted molar refractivity (Wildman–Crippen MR) is 40.0 cm³/mol. The van der Waals surface area contributed by atoms with E-state index in [0.29, 0.717) is 12.9 Å². The van der Waals surface area contributed by atoms with Crippen molar-refractivity contribution >= 4 is 12.0 Å². The molecule has 0 aliphatic carbocycles. The Kier molecular flexibility index (Phi) is 5.91. The molecule has 60 valence electrons. The minimum Gasteiger partial charge on any atom is -0.395 e. The fraction of sp³-hybridized carbons (Fsp3) is 0.571. The summed E-state index contributed by atoms with van der Waals surface area (Å²) in [5.41, 5.74) is -0.221. The monoisotopic (exact) mass is 154 g/mol. The first kappa shape index (κ1) is 9.63. The van der Waals surface area contributed by atoms with Crippen LogP contribution in [-0.2, 0) is 9.63 Å². The second-order valence-corrected chi connectivity index (χ2v) is 1.89. The highest BCUT2D eigenvalue weighted by Gasteiger charge is 1.92. The molecular weight excluding hydrogens is 144 g/mol. The van der Waals surface area contributed by atoms with E-state index < -0.39 is 0 Å². The van der Waals surface area contributed by atoms with Crippen molar-refractivity contribution in [3.63, 3.8) is 0 Å². The molecule has 0 N–H and O–H groups in total. The van der Waals surface area contributed by atoms with Crippen molar-refractivity contribution in [1.29, 1.82) is 5.26 Å². The Morgan fingerprint density at radius 1 is 1.82 bits per heavy atom. The summed E-state index contributed by atoms with van der Waals surface area (Å²) in [6.07, 6.45) is 2.24. The smallest absolute Gasteiger partial charge is 0.219 e. The molecule has 0 unspecified atom stereocenters. The number of unbranched alkanes of at least 4 members (excludes halogenated alkanes) is 1. The first-order valence-electron chi connectivity index (χ1n) is 3.40. The maximum atomic E-state index is 9.97. The Labute approximate surface area is 65.4 Å². The summed E-state index contributed by atoms with van der Waals surface area (Å²) in [5, 5.41) is 11.5. The summed E-state index contributed by atoms with van der Waals surface area (Å²) in [6.45, 7) is 2.47. The van der Waals surface area contributed by atoms with E-state index >= 15 is 0 Å². The lowest BCUT2D eigenvalue weighted by Crippen LogP contribution is -1.97. The van der Waals surface area contributed by atoms with Crippen LogP contribution >= 0.6 is 0 Å². The largest absolute Gasteiger partial charge is 0.395 e. The summed E-state index contributed by atoms with van der Waals surface area (Å²) in [4.78, 5) is 14.6. The van der Waals surface area contributed by atoms with Gasteiger partial charge in [-0.05, 0) is 6.42 Å². The molecule has 0 fully saturated rings. The molecular formula is C7H10N2O2. The minimum atomic E-state index is -0.221. The normalized spacial score (nSPS) is 10.4. The molecule has 0 aromatic carbocycles. The summed E-state index contributed by atoms with van der Waals surface area (Å²) in [6, 6.07) is 1.59. The van der Waals surface area contributed by atoms with Gasteiger partial charge in [-0.25, -0.2) is 0 Å². The molecule has 0 bridgehead atoms. The highest BCUT2D eigenvalue weighted by Crippen LogP contribution is 1.88. The molecule has 0 aromatic rings. The molecule has 0 aliphatic rings. The number of carbonyl (C=O) groups is 1. The summed E-state index contributed by atoms with van der Waals surface area (Å²) in [7, 11) is 0. The number of carbonyl (C=O) groups excluding carboxylic acids is 1. The average Bonchev–Trinajstić information content (AvgIpc) is 2.05. The SMILES string of the molecule is CCCCO/N=C(/C#N)C=O. The topological polar surface area (TPSA) is 62.4 Å². The second kappa shape index (κ2) is 6.75. The molecule has 4 nitrogen and oxygen atoms in total. The van der Waals surface area contributed by atoms with Gasteiger partial charge in [-0.1, -0.05) is 18.5 Å². The maximum absolute atomic E-state index is 9.97. The molecule has 0 saturated carbocycles. The van der Waals surface area contributed by atoms with Gasteiger partial charge in [0.15, 0.2) is 6.29 Å². The lowest BCUT2D eigenvalue weighted by Gasteiger charge is -1.94. The van der Waals surface area contributed by atoms with Gasteiger partial charge >= 0.3 is 0 Å². The van der Waals surface area contributed by atoms with Crippen LogP contribution < -0.4 is 0 Å². The third kappa shape index (κ3) is 5.09. The second-order valence-electron chi connectivity index (χ2n) is 1.89. The quantitative estimate of drug-likeness (QED) is 0.255. The average molecular weight is 154 g/mol. The molecule has 0 aliphatic heterocycles. The third-order valence-electron chi connectivity index (χ3n) is 0.978. The molecule has 0 spiro atoms. The highest BCUT2D eigenvalue weighted by molar-refractivity contribution is 6.35. The maximum Gasteiger partial charge on any atom is 0.219 e. The van der Waals surface area contributed by atoms with E-state index in [1.165, 1.54) is 0 Å². The van der Waals surface area contributed by atoms with Crippen LogP contribution in [0, 0.1) is 11.3 Å². The van der Waals surface area contributed by atoms with Crippen LogP contribution in [0.2, 0.25) is 0 Å². The van der Waals surface area contributed by atoms with Crippen LogP contribution in [0.3, 0.4) is 0 Å². The van der Waals surface area contributed by atoms with Crippen molar-refractivity contribution in [2.24, 2.45) is 5.16 Å². The summed E-state index contributed by atoms with van der Waals surface area (Å²) in [5.74, 6) is 0. The van der Waals surface area contributed by atoms with Crippen molar-refractivity contribution in [2.45, 2.75) is 19.8 Å². The number of hydrogen-bond donors (Lipinski definition) is 0. The molecule has 0 heterocycles. The van der Waals surface area contributed by atoms with Gasteiger partial charge in [0.25, 0.3) is 0 Å². The molecule has 0 rings (SSSR count). The zero-order valence-corrected chi connectivity index (χ0v) is 6.41. The molecule has 11 heavy (non-hydrogen) atoms. The van der Waals surface area contributed by atoms with Crippen LogP contribution in [0.5, 0.6) is 0 Å². The van der Waals surface area contributed by atoms with Gasteiger partial charge in [-0.3, -0.25) is 4.79 Å². The van der Waals surface area contributed by atoms with Gasteiger partial charge < -0.3 is 4.84 Å². The van der Waals surface area contributed by atoms with Gasteiger partial charge in [0, 0.05) is 0 Å². The number of aldehydes is 1. The lowest BCUT2D eigenvalue weighted by molar-refractivity contribution is -0.102. The number of hydrogen-bond acceptors (Lipinski definition) is 4. The molecule has 0 amide bonds.